The molecule has 3 N–H and O–H groups in total. The Morgan fingerprint density at radius 1 is 1.21 bits per heavy atom. The van der Waals surface area contributed by atoms with Gasteiger partial charge in [0.05, 0.1) is 13.1 Å². The van der Waals surface area contributed by atoms with E-state index in [1.54, 1.807) is 24.1 Å². The lowest BCUT2D eigenvalue weighted by molar-refractivity contribution is -0.123. The number of aryl methyl sites for hydroxylation is 1. The number of benzene rings is 2. The van der Waals surface area contributed by atoms with Crippen molar-refractivity contribution in [3.8, 4) is 5.75 Å². The zero-order valence-corrected chi connectivity index (χ0v) is 21.6. The summed E-state index contributed by atoms with van der Waals surface area (Å²) in [5.41, 5.74) is 2.76. The number of halogens is 1. The molecule has 0 saturated carbocycles. The largest absolute Gasteiger partial charge is 0.489 e. The van der Waals surface area contributed by atoms with Crippen LogP contribution in [0.1, 0.15) is 28.4 Å². The fraction of sp³-hybridized carbons (Fsp3) is 0.375. The third kappa shape index (κ3) is 8.23. The van der Waals surface area contributed by atoms with Crippen molar-refractivity contribution in [3.63, 3.8) is 0 Å². The maximum atomic E-state index is 12.6. The van der Waals surface area contributed by atoms with Crippen molar-refractivity contribution in [2.75, 3.05) is 33.2 Å². The number of guanidine groups is 1. The lowest BCUT2D eigenvalue weighted by atomic mass is 10.1. The summed E-state index contributed by atoms with van der Waals surface area (Å²) < 4.78 is 5.94. The SMILES string of the molecule is CN=C(NCc1ccc(C(=O)N2CCNC(=O)C2)cc1)NCC(C)Oc1cccc(C)c1.I. The van der Waals surface area contributed by atoms with Crippen LogP contribution < -0.4 is 20.7 Å². The number of rotatable bonds is 7. The van der Waals surface area contributed by atoms with Gasteiger partial charge in [0, 0.05) is 32.2 Å². The van der Waals surface area contributed by atoms with Crippen molar-refractivity contribution in [1.29, 1.82) is 0 Å². The smallest absolute Gasteiger partial charge is 0.254 e. The van der Waals surface area contributed by atoms with E-state index < -0.39 is 0 Å². The molecule has 2 aromatic carbocycles. The van der Waals surface area contributed by atoms with Gasteiger partial charge in [-0.3, -0.25) is 14.6 Å². The Morgan fingerprint density at radius 2 is 1.97 bits per heavy atom. The molecule has 0 aliphatic carbocycles. The van der Waals surface area contributed by atoms with Gasteiger partial charge in [-0.1, -0.05) is 24.3 Å². The minimum absolute atomic E-state index is 0. The Morgan fingerprint density at radius 3 is 2.64 bits per heavy atom. The molecule has 0 bridgehead atoms. The molecule has 0 aromatic heterocycles. The molecule has 1 saturated heterocycles. The zero-order valence-electron chi connectivity index (χ0n) is 19.3. The van der Waals surface area contributed by atoms with Crippen LogP contribution >= 0.6 is 24.0 Å². The molecule has 0 spiro atoms. The second kappa shape index (κ2) is 13.0. The molecule has 8 nitrogen and oxygen atoms in total. The van der Waals surface area contributed by atoms with Gasteiger partial charge in [-0.25, -0.2) is 0 Å². The van der Waals surface area contributed by atoms with Crippen molar-refractivity contribution >= 4 is 41.8 Å². The standard InChI is InChI=1S/C24H31N5O3.HI/c1-17-5-4-6-21(13-17)32-18(2)14-27-24(25-3)28-15-19-7-9-20(10-8-19)23(31)29-12-11-26-22(30)16-29;/h4-10,13,18H,11-12,14-16H2,1-3H3,(H,26,30)(H2,25,27,28);1H. The van der Waals surface area contributed by atoms with Crippen LogP contribution in [0.3, 0.4) is 0 Å². The highest BCUT2D eigenvalue weighted by molar-refractivity contribution is 14.0. The van der Waals surface area contributed by atoms with Crippen molar-refractivity contribution in [2.24, 2.45) is 4.99 Å². The minimum Gasteiger partial charge on any atom is -0.489 e. The van der Waals surface area contributed by atoms with E-state index in [0.717, 1.165) is 16.9 Å². The first-order chi connectivity index (χ1) is 15.4. The first-order valence-corrected chi connectivity index (χ1v) is 10.8. The van der Waals surface area contributed by atoms with Gasteiger partial charge in [-0.15, -0.1) is 24.0 Å². The van der Waals surface area contributed by atoms with Gasteiger partial charge in [-0.2, -0.15) is 0 Å². The van der Waals surface area contributed by atoms with E-state index in [1.165, 1.54) is 0 Å². The van der Waals surface area contributed by atoms with E-state index >= 15 is 0 Å². The highest BCUT2D eigenvalue weighted by Crippen LogP contribution is 2.14. The van der Waals surface area contributed by atoms with Crippen LogP contribution in [0.2, 0.25) is 0 Å². The van der Waals surface area contributed by atoms with Crippen molar-refractivity contribution in [2.45, 2.75) is 26.5 Å². The lowest BCUT2D eigenvalue weighted by Crippen LogP contribution is -2.49. The Kier molecular flexibility index (Phi) is 10.4. The maximum Gasteiger partial charge on any atom is 0.254 e. The fourth-order valence-electron chi connectivity index (χ4n) is 3.37. The number of aliphatic imine (C=N–C) groups is 1. The first kappa shape index (κ1) is 26.4. The summed E-state index contributed by atoms with van der Waals surface area (Å²) in [6.45, 7) is 6.34. The number of nitrogens with one attached hydrogen (secondary N) is 3. The molecule has 178 valence electrons. The summed E-state index contributed by atoms with van der Waals surface area (Å²) >= 11 is 0. The van der Waals surface area contributed by atoms with Crippen molar-refractivity contribution in [1.82, 2.24) is 20.9 Å². The molecular formula is C24H32IN5O3. The topological polar surface area (TPSA) is 95.1 Å². The number of carbonyl (C=O) groups excluding carboxylic acids is 2. The average Bonchev–Trinajstić information content (AvgIpc) is 2.79. The highest BCUT2D eigenvalue weighted by atomic mass is 127. The van der Waals surface area contributed by atoms with Gasteiger partial charge in [0.15, 0.2) is 5.96 Å². The van der Waals surface area contributed by atoms with E-state index in [4.69, 9.17) is 4.74 Å². The lowest BCUT2D eigenvalue weighted by Gasteiger charge is -2.26. The molecule has 1 fully saturated rings. The predicted molar refractivity (Wildman–Crippen MR) is 140 cm³/mol. The number of hydrogen-bond donors (Lipinski definition) is 3. The zero-order chi connectivity index (χ0) is 22.9. The Labute approximate surface area is 212 Å². The van der Waals surface area contributed by atoms with Gasteiger partial charge >= 0.3 is 0 Å². The number of piperazine rings is 1. The first-order valence-electron chi connectivity index (χ1n) is 10.8. The van der Waals surface area contributed by atoms with Crippen molar-refractivity contribution in [3.05, 3.63) is 65.2 Å². The average molecular weight is 565 g/mol. The quantitative estimate of drug-likeness (QED) is 0.272. The van der Waals surface area contributed by atoms with Crippen LogP contribution in [0.15, 0.2) is 53.5 Å². The summed E-state index contributed by atoms with van der Waals surface area (Å²) in [6, 6.07) is 15.4. The molecule has 33 heavy (non-hydrogen) atoms. The molecule has 2 amide bonds. The summed E-state index contributed by atoms with van der Waals surface area (Å²) in [4.78, 5) is 29.9. The summed E-state index contributed by atoms with van der Waals surface area (Å²) in [6.07, 6.45) is -0.0301. The third-order valence-electron chi connectivity index (χ3n) is 5.09. The molecule has 1 heterocycles. The van der Waals surface area contributed by atoms with Crippen LogP contribution in [0, 0.1) is 6.92 Å². The normalized spacial score (nSPS) is 14.6. The predicted octanol–water partition coefficient (Wildman–Crippen LogP) is 2.32. The van der Waals surface area contributed by atoms with Crippen molar-refractivity contribution < 1.29 is 14.3 Å². The van der Waals surface area contributed by atoms with Gasteiger partial charge in [0.2, 0.25) is 5.91 Å². The Balaban J connectivity index is 0.00000385. The molecule has 9 heteroatoms. The van der Waals surface area contributed by atoms with Gasteiger partial charge in [0.25, 0.3) is 5.91 Å². The van der Waals surface area contributed by atoms with Crippen LogP contribution in [0.4, 0.5) is 0 Å². The number of ether oxygens (including phenoxy) is 1. The van der Waals surface area contributed by atoms with Crippen LogP contribution in [0.5, 0.6) is 5.75 Å². The Hall–Kier alpha value is -2.82. The van der Waals surface area contributed by atoms with Crippen LogP contribution in [-0.2, 0) is 11.3 Å². The second-order valence-corrected chi connectivity index (χ2v) is 7.83. The molecule has 3 rings (SSSR count). The molecule has 0 radical (unpaired) electrons. The monoisotopic (exact) mass is 565 g/mol. The van der Waals surface area contributed by atoms with Gasteiger partial charge in [0.1, 0.15) is 11.9 Å². The summed E-state index contributed by atoms with van der Waals surface area (Å²) in [7, 11) is 1.72. The molecule has 2 aromatic rings. The third-order valence-corrected chi connectivity index (χ3v) is 5.09. The number of hydrogen-bond acceptors (Lipinski definition) is 4. The Bertz CT molecular complexity index is 965. The van der Waals surface area contributed by atoms with Crippen LogP contribution in [-0.4, -0.2) is 62.0 Å². The highest BCUT2D eigenvalue weighted by Gasteiger charge is 2.22. The van der Waals surface area contributed by atoms with Gasteiger partial charge in [-0.05, 0) is 49.2 Å². The van der Waals surface area contributed by atoms with E-state index in [9.17, 15) is 9.59 Å². The summed E-state index contributed by atoms with van der Waals surface area (Å²) in [5.74, 6) is 1.27. The summed E-state index contributed by atoms with van der Waals surface area (Å²) in [5, 5.41) is 9.26. The van der Waals surface area contributed by atoms with E-state index in [-0.39, 0.29) is 48.4 Å². The van der Waals surface area contributed by atoms with E-state index in [2.05, 4.69) is 20.9 Å². The number of carbonyl (C=O) groups is 2. The van der Waals surface area contributed by atoms with Gasteiger partial charge < -0.3 is 25.6 Å². The molecule has 1 atom stereocenters. The molecule has 1 aliphatic heterocycles. The second-order valence-electron chi connectivity index (χ2n) is 7.83. The molecule has 1 unspecified atom stereocenters. The maximum absolute atomic E-state index is 12.6. The number of amides is 2. The van der Waals surface area contributed by atoms with E-state index in [1.807, 2.05) is 50.2 Å². The fourth-order valence-corrected chi connectivity index (χ4v) is 3.37. The minimum atomic E-state index is -0.126. The molecular weight excluding hydrogens is 533 g/mol. The molecule has 1 aliphatic rings. The van der Waals surface area contributed by atoms with Crippen LogP contribution in [0.25, 0.3) is 0 Å². The number of nitrogens with zero attached hydrogens (tertiary/aromatic N) is 2. The van der Waals surface area contributed by atoms with E-state index in [0.29, 0.717) is 37.7 Å².